The van der Waals surface area contributed by atoms with Crippen LogP contribution in [0.2, 0.25) is 0 Å². The van der Waals surface area contributed by atoms with E-state index >= 15 is 0 Å². The third-order valence-corrected chi connectivity index (χ3v) is 1.89. The third-order valence-electron chi connectivity index (χ3n) is 1.89. The van der Waals surface area contributed by atoms with E-state index in [2.05, 4.69) is 0 Å². The molecule has 0 bridgehead atoms. The van der Waals surface area contributed by atoms with Gasteiger partial charge in [0.1, 0.15) is 12.0 Å². The minimum absolute atomic E-state index is 0.126. The van der Waals surface area contributed by atoms with Crippen molar-refractivity contribution in [2.75, 3.05) is 0 Å². The molecule has 70 valence electrons. The Labute approximate surface area is 77.6 Å². The van der Waals surface area contributed by atoms with E-state index in [1.54, 1.807) is 31.2 Å². The molecule has 0 aliphatic carbocycles. The molecule has 13 heavy (non-hydrogen) atoms. The standard InChI is InChI=1S/C11H13FO/c1-8(13)7-10-3-5-11(6-4-10)9(2)12/h3-6,9H,7H2,1-2H3. The topological polar surface area (TPSA) is 17.1 Å². The molecule has 1 aromatic rings. The van der Waals surface area contributed by atoms with E-state index in [0.29, 0.717) is 12.0 Å². The number of rotatable bonds is 3. The zero-order valence-electron chi connectivity index (χ0n) is 7.88. The Morgan fingerprint density at radius 1 is 1.38 bits per heavy atom. The highest BCUT2D eigenvalue weighted by Gasteiger charge is 2.02. The average Bonchev–Trinajstić information content (AvgIpc) is 2.04. The summed E-state index contributed by atoms with van der Waals surface area (Å²) in [5, 5.41) is 0. The quantitative estimate of drug-likeness (QED) is 0.699. The number of alkyl halides is 1. The Bertz CT molecular complexity index is 287. The van der Waals surface area contributed by atoms with Crippen LogP contribution in [0.15, 0.2) is 24.3 Å². The molecule has 0 saturated carbocycles. The molecule has 0 amide bonds. The van der Waals surface area contributed by atoms with Crippen molar-refractivity contribution in [1.82, 2.24) is 0 Å². The number of ketones is 1. The minimum atomic E-state index is -0.939. The Morgan fingerprint density at radius 3 is 2.31 bits per heavy atom. The summed E-state index contributed by atoms with van der Waals surface area (Å²) in [5.41, 5.74) is 1.60. The normalized spacial score (nSPS) is 12.5. The van der Waals surface area contributed by atoms with Crippen molar-refractivity contribution >= 4 is 5.78 Å². The molecule has 0 aliphatic heterocycles. The second-order valence-electron chi connectivity index (χ2n) is 3.24. The van der Waals surface area contributed by atoms with Crippen LogP contribution in [0.5, 0.6) is 0 Å². The summed E-state index contributed by atoms with van der Waals surface area (Å²) in [7, 11) is 0. The summed E-state index contributed by atoms with van der Waals surface area (Å²) in [4.78, 5) is 10.8. The fourth-order valence-corrected chi connectivity index (χ4v) is 1.19. The van der Waals surface area contributed by atoms with E-state index in [1.165, 1.54) is 6.92 Å². The fraction of sp³-hybridized carbons (Fsp3) is 0.364. The van der Waals surface area contributed by atoms with Gasteiger partial charge in [0.2, 0.25) is 0 Å². The lowest BCUT2D eigenvalue weighted by Gasteiger charge is -2.03. The Hall–Kier alpha value is -1.18. The minimum Gasteiger partial charge on any atom is -0.300 e. The van der Waals surface area contributed by atoms with Crippen LogP contribution < -0.4 is 0 Å². The van der Waals surface area contributed by atoms with Crippen LogP contribution in [0.3, 0.4) is 0 Å². The predicted octanol–water partition coefficient (Wildman–Crippen LogP) is 2.85. The van der Waals surface area contributed by atoms with Crippen molar-refractivity contribution < 1.29 is 9.18 Å². The molecule has 1 aromatic carbocycles. The van der Waals surface area contributed by atoms with Gasteiger partial charge in [0.25, 0.3) is 0 Å². The first kappa shape index (κ1) is 9.90. The maximum Gasteiger partial charge on any atom is 0.134 e. The lowest BCUT2D eigenvalue weighted by atomic mass is 10.1. The highest BCUT2D eigenvalue weighted by atomic mass is 19.1. The average molecular weight is 180 g/mol. The van der Waals surface area contributed by atoms with Crippen molar-refractivity contribution in [1.29, 1.82) is 0 Å². The monoisotopic (exact) mass is 180 g/mol. The van der Waals surface area contributed by atoms with Crippen LogP contribution in [-0.4, -0.2) is 5.78 Å². The number of halogens is 1. The van der Waals surface area contributed by atoms with Crippen LogP contribution >= 0.6 is 0 Å². The molecule has 0 saturated heterocycles. The van der Waals surface area contributed by atoms with Gasteiger partial charge in [-0.25, -0.2) is 4.39 Å². The first-order valence-corrected chi connectivity index (χ1v) is 4.32. The maximum absolute atomic E-state index is 12.8. The SMILES string of the molecule is CC(=O)Cc1ccc(C(C)F)cc1. The summed E-state index contributed by atoms with van der Waals surface area (Å²) in [6, 6.07) is 7.05. The summed E-state index contributed by atoms with van der Waals surface area (Å²) >= 11 is 0. The van der Waals surface area contributed by atoms with E-state index in [0.717, 1.165) is 5.56 Å². The van der Waals surface area contributed by atoms with Crippen LogP contribution in [0.25, 0.3) is 0 Å². The van der Waals surface area contributed by atoms with Crippen molar-refractivity contribution in [2.24, 2.45) is 0 Å². The van der Waals surface area contributed by atoms with Gasteiger partial charge in [0.15, 0.2) is 0 Å². The molecule has 0 fully saturated rings. The van der Waals surface area contributed by atoms with Gasteiger partial charge in [-0.1, -0.05) is 24.3 Å². The predicted molar refractivity (Wildman–Crippen MR) is 50.4 cm³/mol. The van der Waals surface area contributed by atoms with Crippen LogP contribution in [0.4, 0.5) is 4.39 Å². The molecule has 2 heteroatoms. The number of carbonyl (C=O) groups is 1. The molecule has 0 heterocycles. The number of benzene rings is 1. The largest absolute Gasteiger partial charge is 0.300 e. The van der Waals surface area contributed by atoms with E-state index in [4.69, 9.17) is 0 Å². The first-order chi connectivity index (χ1) is 6.09. The molecule has 0 N–H and O–H groups in total. The molecule has 0 spiro atoms. The Morgan fingerprint density at radius 2 is 1.92 bits per heavy atom. The molecule has 0 aliphatic rings. The van der Waals surface area contributed by atoms with Crippen molar-refractivity contribution in [3.8, 4) is 0 Å². The Balaban J connectivity index is 2.75. The van der Waals surface area contributed by atoms with Gasteiger partial charge in [-0.05, 0) is 25.0 Å². The van der Waals surface area contributed by atoms with Gasteiger partial charge in [-0.2, -0.15) is 0 Å². The summed E-state index contributed by atoms with van der Waals surface area (Å²) in [5.74, 6) is 0.126. The van der Waals surface area contributed by atoms with Gasteiger partial charge in [0, 0.05) is 6.42 Å². The summed E-state index contributed by atoms with van der Waals surface area (Å²) in [6.45, 7) is 3.05. The third kappa shape index (κ3) is 2.98. The first-order valence-electron chi connectivity index (χ1n) is 4.32. The lowest BCUT2D eigenvalue weighted by Crippen LogP contribution is -1.96. The van der Waals surface area contributed by atoms with E-state index in [-0.39, 0.29) is 5.78 Å². The van der Waals surface area contributed by atoms with Crippen molar-refractivity contribution in [3.05, 3.63) is 35.4 Å². The van der Waals surface area contributed by atoms with Crippen molar-refractivity contribution in [3.63, 3.8) is 0 Å². The van der Waals surface area contributed by atoms with Crippen LogP contribution in [0, 0.1) is 0 Å². The maximum atomic E-state index is 12.8. The highest BCUT2D eigenvalue weighted by Crippen LogP contribution is 2.16. The van der Waals surface area contributed by atoms with Crippen LogP contribution in [-0.2, 0) is 11.2 Å². The highest BCUT2D eigenvalue weighted by molar-refractivity contribution is 5.78. The van der Waals surface area contributed by atoms with Gasteiger partial charge in [-0.3, -0.25) is 4.79 Å². The molecule has 0 radical (unpaired) electrons. The lowest BCUT2D eigenvalue weighted by molar-refractivity contribution is -0.116. The molecular weight excluding hydrogens is 167 g/mol. The van der Waals surface area contributed by atoms with E-state index in [9.17, 15) is 9.18 Å². The van der Waals surface area contributed by atoms with E-state index in [1.807, 2.05) is 0 Å². The zero-order valence-corrected chi connectivity index (χ0v) is 7.88. The zero-order chi connectivity index (χ0) is 9.84. The molecular formula is C11H13FO. The smallest absolute Gasteiger partial charge is 0.134 e. The Kier molecular flexibility index (Phi) is 3.18. The molecule has 0 aromatic heterocycles. The van der Waals surface area contributed by atoms with Crippen LogP contribution in [0.1, 0.15) is 31.1 Å². The molecule has 1 nitrogen and oxygen atoms in total. The number of hydrogen-bond acceptors (Lipinski definition) is 1. The van der Waals surface area contributed by atoms with Crippen molar-refractivity contribution in [2.45, 2.75) is 26.4 Å². The fourth-order valence-electron chi connectivity index (χ4n) is 1.19. The van der Waals surface area contributed by atoms with Gasteiger partial charge < -0.3 is 0 Å². The number of hydrogen-bond donors (Lipinski definition) is 0. The molecule has 1 rings (SSSR count). The summed E-state index contributed by atoms with van der Waals surface area (Å²) in [6.07, 6.45) is -0.507. The van der Waals surface area contributed by atoms with Gasteiger partial charge >= 0.3 is 0 Å². The number of carbonyl (C=O) groups excluding carboxylic acids is 1. The second-order valence-corrected chi connectivity index (χ2v) is 3.24. The van der Waals surface area contributed by atoms with E-state index < -0.39 is 6.17 Å². The molecule has 1 unspecified atom stereocenters. The van der Waals surface area contributed by atoms with Gasteiger partial charge in [-0.15, -0.1) is 0 Å². The van der Waals surface area contributed by atoms with Gasteiger partial charge in [0.05, 0.1) is 0 Å². The molecule has 1 atom stereocenters. The number of Topliss-reactive ketones (excluding diaryl/α,β-unsaturated/α-hetero) is 1. The summed E-state index contributed by atoms with van der Waals surface area (Å²) < 4.78 is 12.8. The second kappa shape index (κ2) is 4.17.